The molecule has 0 unspecified atom stereocenters. The summed E-state index contributed by atoms with van der Waals surface area (Å²) in [4.78, 5) is 22.2. The molecule has 0 saturated heterocycles. The number of rotatable bonds is 4. The minimum atomic E-state index is -0.439. The van der Waals surface area contributed by atoms with Crippen LogP contribution in [0.15, 0.2) is 0 Å². The van der Waals surface area contributed by atoms with Crippen LogP contribution < -0.4 is 10.6 Å². The molecule has 2 N–H and O–H groups in total. The molecule has 0 spiro atoms. The van der Waals surface area contributed by atoms with Crippen LogP contribution in [0.25, 0.3) is 0 Å². The molecule has 0 aromatic carbocycles. The summed E-state index contributed by atoms with van der Waals surface area (Å²) in [6.07, 6.45) is 0.778. The summed E-state index contributed by atoms with van der Waals surface area (Å²) < 4.78 is 0. The molecule has 1 amide bonds. The first-order chi connectivity index (χ1) is 6.32. The fraction of sp³-hybridized carbons (Fsp3) is 0.800. The van der Waals surface area contributed by atoms with E-state index in [-0.39, 0.29) is 17.4 Å². The zero-order valence-electron chi connectivity index (χ0n) is 9.55. The SMILES string of the molecule is CN[C@@H](C)C(=O)N[C@H](C=O)C(C)(C)C. The van der Waals surface area contributed by atoms with Gasteiger partial charge in [0.15, 0.2) is 0 Å². The Morgan fingerprint density at radius 2 is 1.86 bits per heavy atom. The Bertz CT molecular complexity index is 209. The lowest BCUT2D eigenvalue weighted by molar-refractivity contribution is -0.126. The molecule has 2 atom stereocenters. The van der Waals surface area contributed by atoms with E-state index in [9.17, 15) is 9.59 Å². The van der Waals surface area contributed by atoms with E-state index in [2.05, 4.69) is 10.6 Å². The van der Waals surface area contributed by atoms with Crippen LogP contribution in [0, 0.1) is 5.41 Å². The molecule has 0 aliphatic carbocycles. The van der Waals surface area contributed by atoms with Gasteiger partial charge in [0.25, 0.3) is 0 Å². The third kappa shape index (κ3) is 3.87. The topological polar surface area (TPSA) is 58.2 Å². The van der Waals surface area contributed by atoms with Crippen molar-refractivity contribution in [3.05, 3.63) is 0 Å². The van der Waals surface area contributed by atoms with Gasteiger partial charge in [-0.15, -0.1) is 0 Å². The highest BCUT2D eigenvalue weighted by Crippen LogP contribution is 2.17. The van der Waals surface area contributed by atoms with Gasteiger partial charge < -0.3 is 15.4 Å². The van der Waals surface area contributed by atoms with Gasteiger partial charge >= 0.3 is 0 Å². The van der Waals surface area contributed by atoms with E-state index in [0.29, 0.717) is 0 Å². The number of hydrogen-bond donors (Lipinski definition) is 2. The number of nitrogens with one attached hydrogen (secondary N) is 2. The summed E-state index contributed by atoms with van der Waals surface area (Å²) in [7, 11) is 1.71. The van der Waals surface area contributed by atoms with Gasteiger partial charge in [-0.25, -0.2) is 0 Å². The third-order valence-electron chi connectivity index (χ3n) is 2.19. The maximum atomic E-state index is 11.5. The van der Waals surface area contributed by atoms with Gasteiger partial charge in [-0.05, 0) is 19.4 Å². The molecule has 4 nitrogen and oxygen atoms in total. The van der Waals surface area contributed by atoms with E-state index in [1.807, 2.05) is 20.8 Å². The van der Waals surface area contributed by atoms with Crippen LogP contribution in [-0.4, -0.2) is 31.3 Å². The number of carbonyl (C=O) groups is 2. The van der Waals surface area contributed by atoms with Crippen LogP contribution in [0.5, 0.6) is 0 Å². The van der Waals surface area contributed by atoms with Crippen molar-refractivity contribution in [1.29, 1.82) is 0 Å². The van der Waals surface area contributed by atoms with Crippen molar-refractivity contribution in [2.45, 2.75) is 39.8 Å². The summed E-state index contributed by atoms with van der Waals surface area (Å²) in [5.41, 5.74) is -0.245. The average molecular weight is 200 g/mol. The van der Waals surface area contributed by atoms with Gasteiger partial charge in [-0.2, -0.15) is 0 Å². The minimum Gasteiger partial charge on any atom is -0.345 e. The lowest BCUT2D eigenvalue weighted by atomic mass is 9.87. The molecule has 0 aromatic heterocycles. The number of aldehydes is 1. The minimum absolute atomic E-state index is 0.153. The second-order valence-corrected chi connectivity index (χ2v) is 4.50. The van der Waals surface area contributed by atoms with Gasteiger partial charge in [0, 0.05) is 0 Å². The van der Waals surface area contributed by atoms with Crippen molar-refractivity contribution in [2.24, 2.45) is 5.41 Å². The van der Waals surface area contributed by atoms with Crippen LogP contribution in [-0.2, 0) is 9.59 Å². The smallest absolute Gasteiger partial charge is 0.237 e. The second kappa shape index (κ2) is 5.10. The Kier molecular flexibility index (Phi) is 4.77. The van der Waals surface area contributed by atoms with Crippen molar-refractivity contribution >= 4 is 12.2 Å². The second-order valence-electron chi connectivity index (χ2n) is 4.50. The van der Waals surface area contributed by atoms with Crippen molar-refractivity contribution in [3.63, 3.8) is 0 Å². The molecular formula is C10H20N2O2. The molecule has 0 aliphatic rings. The lowest BCUT2D eigenvalue weighted by Gasteiger charge is -2.27. The maximum absolute atomic E-state index is 11.5. The monoisotopic (exact) mass is 200 g/mol. The molecule has 0 rings (SSSR count). The predicted molar refractivity (Wildman–Crippen MR) is 56.0 cm³/mol. The van der Waals surface area contributed by atoms with E-state index < -0.39 is 6.04 Å². The molecule has 0 fully saturated rings. The van der Waals surface area contributed by atoms with E-state index in [0.717, 1.165) is 6.29 Å². The molecule has 0 saturated carbocycles. The van der Waals surface area contributed by atoms with Gasteiger partial charge in [-0.1, -0.05) is 20.8 Å². The van der Waals surface area contributed by atoms with E-state index in [1.54, 1.807) is 14.0 Å². The Morgan fingerprint density at radius 3 is 2.14 bits per heavy atom. The summed E-state index contributed by atoms with van der Waals surface area (Å²) in [5.74, 6) is -0.153. The zero-order valence-corrected chi connectivity index (χ0v) is 9.55. The van der Waals surface area contributed by atoms with Gasteiger partial charge in [0.2, 0.25) is 5.91 Å². The van der Waals surface area contributed by atoms with Crippen molar-refractivity contribution in [2.75, 3.05) is 7.05 Å². The Hall–Kier alpha value is -0.900. The average Bonchev–Trinajstić information content (AvgIpc) is 2.10. The normalized spacial score (nSPS) is 15.8. The first-order valence-corrected chi connectivity index (χ1v) is 4.76. The van der Waals surface area contributed by atoms with Crippen molar-refractivity contribution in [3.8, 4) is 0 Å². The molecule has 4 heteroatoms. The maximum Gasteiger partial charge on any atom is 0.237 e. The van der Waals surface area contributed by atoms with E-state index >= 15 is 0 Å². The molecule has 82 valence electrons. The standard InChI is InChI=1S/C10H20N2O2/c1-7(11-5)9(14)12-8(6-13)10(2,3)4/h6-8,11H,1-5H3,(H,12,14)/t7-,8+/m0/s1. The van der Waals surface area contributed by atoms with Crippen LogP contribution in [0.1, 0.15) is 27.7 Å². The summed E-state index contributed by atoms with van der Waals surface area (Å²) >= 11 is 0. The van der Waals surface area contributed by atoms with E-state index in [4.69, 9.17) is 0 Å². The highest BCUT2D eigenvalue weighted by atomic mass is 16.2. The van der Waals surface area contributed by atoms with Gasteiger partial charge in [0.1, 0.15) is 6.29 Å². The highest BCUT2D eigenvalue weighted by Gasteiger charge is 2.26. The Labute approximate surface area is 85.4 Å². The molecule has 0 radical (unpaired) electrons. The number of likely N-dealkylation sites (N-methyl/N-ethyl adjacent to an activating group) is 1. The van der Waals surface area contributed by atoms with Crippen LogP contribution in [0.3, 0.4) is 0 Å². The molecule has 0 heterocycles. The first-order valence-electron chi connectivity index (χ1n) is 4.76. The number of amides is 1. The van der Waals surface area contributed by atoms with Crippen LogP contribution >= 0.6 is 0 Å². The van der Waals surface area contributed by atoms with Gasteiger partial charge in [-0.3, -0.25) is 4.79 Å². The predicted octanol–water partition coefficient (Wildman–Crippen LogP) is 0.324. The van der Waals surface area contributed by atoms with Crippen LogP contribution in [0.2, 0.25) is 0 Å². The van der Waals surface area contributed by atoms with Crippen molar-refractivity contribution < 1.29 is 9.59 Å². The van der Waals surface area contributed by atoms with E-state index in [1.165, 1.54) is 0 Å². The van der Waals surface area contributed by atoms with Crippen molar-refractivity contribution in [1.82, 2.24) is 10.6 Å². The first kappa shape index (κ1) is 13.1. The Balaban J connectivity index is 4.34. The fourth-order valence-electron chi connectivity index (χ4n) is 0.864. The largest absolute Gasteiger partial charge is 0.345 e. The van der Waals surface area contributed by atoms with Gasteiger partial charge in [0.05, 0.1) is 12.1 Å². The molecule has 0 aliphatic heterocycles. The zero-order chi connectivity index (χ0) is 11.4. The highest BCUT2D eigenvalue weighted by molar-refractivity contribution is 5.84. The summed E-state index contributed by atoms with van der Waals surface area (Å²) in [6, 6.07) is -0.717. The molecule has 0 aromatic rings. The summed E-state index contributed by atoms with van der Waals surface area (Å²) in [5, 5.41) is 5.51. The molecule has 14 heavy (non-hydrogen) atoms. The quantitative estimate of drug-likeness (QED) is 0.643. The number of hydrogen-bond acceptors (Lipinski definition) is 3. The summed E-state index contributed by atoms with van der Waals surface area (Å²) in [6.45, 7) is 7.49. The lowest BCUT2D eigenvalue weighted by Crippen LogP contribution is -2.50. The fourth-order valence-corrected chi connectivity index (χ4v) is 0.864. The molecular weight excluding hydrogens is 180 g/mol. The number of carbonyl (C=O) groups excluding carboxylic acids is 2. The third-order valence-corrected chi connectivity index (χ3v) is 2.19. The van der Waals surface area contributed by atoms with Crippen LogP contribution in [0.4, 0.5) is 0 Å². The molecule has 0 bridgehead atoms. The Morgan fingerprint density at radius 1 is 1.36 bits per heavy atom.